The number of aromatic amines is 1. The highest BCUT2D eigenvalue weighted by Gasteiger charge is 2.27. The number of hydrogen-bond acceptors (Lipinski definition) is 8. The molecule has 0 radical (unpaired) electrons. The lowest BCUT2D eigenvalue weighted by Gasteiger charge is -2.35. The van der Waals surface area contributed by atoms with Gasteiger partial charge in [0.2, 0.25) is 17.7 Å². The number of ether oxygens (including phenoxy) is 1. The Kier molecular flexibility index (Phi) is 15.0. The van der Waals surface area contributed by atoms with Crippen LogP contribution in [-0.2, 0) is 32.0 Å². The van der Waals surface area contributed by atoms with Crippen molar-refractivity contribution >= 4 is 57.6 Å². The molecule has 0 aliphatic carbocycles. The number of carbonyl (C=O) groups excluding carboxylic acids is 5. The lowest BCUT2D eigenvalue weighted by Crippen LogP contribution is -2.50. The van der Waals surface area contributed by atoms with Crippen LogP contribution < -0.4 is 25.8 Å². The predicted octanol–water partition coefficient (Wildman–Crippen LogP) is 4.11. The van der Waals surface area contributed by atoms with Crippen molar-refractivity contribution in [2.45, 2.75) is 57.8 Å². The first-order valence-corrected chi connectivity index (χ1v) is 20.6. The zero-order valence-corrected chi connectivity index (χ0v) is 33.7. The van der Waals surface area contributed by atoms with Crippen molar-refractivity contribution in [1.29, 1.82) is 0 Å². The van der Waals surface area contributed by atoms with Crippen molar-refractivity contribution in [3.8, 4) is 5.75 Å². The number of H-pyrrole nitrogens is 1. The van der Waals surface area contributed by atoms with Crippen LogP contribution in [0.1, 0.15) is 72.1 Å². The van der Waals surface area contributed by atoms with E-state index in [0.29, 0.717) is 47.4 Å². The molecule has 1 saturated heterocycles. The smallest absolute Gasteiger partial charge is 0.272 e. The molecular weight excluding hydrogens is 781 g/mol. The van der Waals surface area contributed by atoms with Gasteiger partial charge >= 0.3 is 0 Å². The molecule has 3 heterocycles. The van der Waals surface area contributed by atoms with Crippen molar-refractivity contribution < 1.29 is 33.1 Å². The van der Waals surface area contributed by atoms with Crippen molar-refractivity contribution in [3.05, 3.63) is 99.2 Å². The highest BCUT2D eigenvalue weighted by molar-refractivity contribution is 6.29. The molecule has 0 bridgehead atoms. The van der Waals surface area contributed by atoms with Crippen LogP contribution >= 0.6 is 11.6 Å². The van der Waals surface area contributed by atoms with Crippen LogP contribution in [0.15, 0.2) is 65.5 Å². The summed E-state index contributed by atoms with van der Waals surface area (Å²) in [5.41, 5.74) is 2.72. The highest BCUT2D eigenvalue weighted by atomic mass is 35.5. The number of rotatable bonds is 17. The minimum atomic E-state index is -0.645. The second-order valence-electron chi connectivity index (χ2n) is 14.7. The fraction of sp³-hybridized carbons (Fsp3) is 0.419. The third-order valence-corrected chi connectivity index (χ3v) is 10.8. The van der Waals surface area contributed by atoms with Gasteiger partial charge in [-0.3, -0.25) is 28.8 Å². The van der Waals surface area contributed by atoms with E-state index >= 15 is 0 Å². The quantitative estimate of drug-likeness (QED) is 0.105. The molecule has 59 heavy (non-hydrogen) atoms. The number of aryl methyl sites for hydroxylation is 1. The van der Waals surface area contributed by atoms with Crippen molar-refractivity contribution in [1.82, 2.24) is 30.6 Å². The van der Waals surface area contributed by atoms with Crippen molar-refractivity contribution in [2.24, 2.45) is 0 Å². The Morgan fingerprint density at radius 2 is 1.51 bits per heavy atom. The van der Waals surface area contributed by atoms with Gasteiger partial charge in [0.05, 0.1) is 16.6 Å². The lowest BCUT2D eigenvalue weighted by atomic mass is 10.0. The monoisotopic (exact) mass is 829 g/mol. The van der Waals surface area contributed by atoms with Gasteiger partial charge in [0, 0.05) is 76.1 Å². The molecule has 1 fully saturated rings. The molecule has 4 aromatic rings. The second-order valence-corrected chi connectivity index (χ2v) is 15.0. The van der Waals surface area contributed by atoms with Gasteiger partial charge < -0.3 is 30.1 Å². The summed E-state index contributed by atoms with van der Waals surface area (Å²) in [6.07, 6.45) is 5.34. The Hall–Kier alpha value is -5.83. The summed E-state index contributed by atoms with van der Waals surface area (Å²) in [6.45, 7) is 2.56. The second kappa shape index (κ2) is 20.7. The number of aromatic nitrogens is 2. The zero-order chi connectivity index (χ0) is 41.7. The summed E-state index contributed by atoms with van der Waals surface area (Å²) in [4.78, 5) is 80.1. The topological polar surface area (TPSA) is 174 Å². The minimum Gasteiger partial charge on any atom is -0.484 e. The molecule has 2 aliphatic rings. The number of carbonyl (C=O) groups is 5. The molecule has 6 rings (SSSR count). The van der Waals surface area contributed by atoms with E-state index in [2.05, 4.69) is 20.8 Å². The zero-order valence-electron chi connectivity index (χ0n) is 32.9. The van der Waals surface area contributed by atoms with E-state index in [1.165, 1.54) is 17.0 Å². The van der Waals surface area contributed by atoms with E-state index in [1.807, 2.05) is 18.2 Å². The standard InChI is InChI=1S/C43H49ClFN7O7/c44-27-41(56)52-19-7-8-30-26-31(12-14-37(30)52)59-28-39(54)47-18-6-2-1-5-17-46-38(53)15-16-40(55)50-20-22-51(23-21-50)43(58)34-24-29(11-13-35(34)45)25-36-32-9-3-4-10-33(32)42(57)49-48-36/h3-4,9-14,24,26H,1-2,5-8,15-23,25,27-28H2,(H,46,53)(H,47,54)(H,49,57). The summed E-state index contributed by atoms with van der Waals surface area (Å²) >= 11 is 5.74. The predicted molar refractivity (Wildman–Crippen MR) is 221 cm³/mol. The maximum Gasteiger partial charge on any atom is 0.272 e. The Labute approximate surface area is 346 Å². The molecule has 5 amide bonds. The Bertz CT molecular complexity index is 2230. The highest BCUT2D eigenvalue weighted by Crippen LogP contribution is 2.31. The van der Waals surface area contributed by atoms with Gasteiger partial charge in [-0.1, -0.05) is 37.1 Å². The van der Waals surface area contributed by atoms with Crippen molar-refractivity contribution in [2.75, 3.05) is 63.2 Å². The van der Waals surface area contributed by atoms with E-state index < -0.39 is 11.7 Å². The number of halogens is 2. The number of fused-ring (bicyclic) bond motifs is 2. The van der Waals surface area contributed by atoms with Gasteiger partial charge in [0.25, 0.3) is 17.4 Å². The van der Waals surface area contributed by atoms with Crippen LogP contribution in [0.5, 0.6) is 5.75 Å². The number of unbranched alkanes of at least 4 members (excludes halogenated alkanes) is 3. The molecule has 0 saturated carbocycles. The lowest BCUT2D eigenvalue weighted by molar-refractivity contribution is -0.134. The molecule has 14 nitrogen and oxygen atoms in total. The van der Waals surface area contributed by atoms with E-state index in [-0.39, 0.29) is 92.7 Å². The van der Waals surface area contributed by atoms with Gasteiger partial charge in [-0.05, 0) is 73.2 Å². The number of piperazine rings is 1. The molecule has 3 aromatic carbocycles. The number of nitrogens with one attached hydrogen (secondary N) is 3. The van der Waals surface area contributed by atoms with Gasteiger partial charge in [0.15, 0.2) is 6.61 Å². The number of benzene rings is 3. The summed E-state index contributed by atoms with van der Waals surface area (Å²) < 4.78 is 20.6. The maximum atomic E-state index is 14.9. The number of nitrogens with zero attached hydrogens (tertiary/aromatic N) is 4. The molecule has 312 valence electrons. The van der Waals surface area contributed by atoms with Crippen LogP contribution in [0, 0.1) is 5.82 Å². The van der Waals surface area contributed by atoms with Gasteiger partial charge in [-0.25, -0.2) is 9.49 Å². The summed E-state index contributed by atoms with van der Waals surface area (Å²) in [7, 11) is 0. The largest absolute Gasteiger partial charge is 0.484 e. The Morgan fingerprint density at radius 3 is 2.25 bits per heavy atom. The van der Waals surface area contributed by atoms with Gasteiger partial charge in [-0.15, -0.1) is 11.6 Å². The average Bonchev–Trinajstić information content (AvgIpc) is 3.26. The molecule has 16 heteroatoms. The molecule has 2 aliphatic heterocycles. The molecular formula is C43H49ClFN7O7. The first-order valence-electron chi connectivity index (χ1n) is 20.1. The molecule has 0 unspecified atom stereocenters. The fourth-order valence-corrected chi connectivity index (χ4v) is 7.54. The third-order valence-electron chi connectivity index (χ3n) is 10.6. The summed E-state index contributed by atoms with van der Waals surface area (Å²) in [6, 6.07) is 16.9. The Balaban J connectivity index is 0.815. The summed E-state index contributed by atoms with van der Waals surface area (Å²) in [5, 5.41) is 13.6. The van der Waals surface area contributed by atoms with E-state index in [9.17, 15) is 33.2 Å². The fourth-order valence-electron chi connectivity index (χ4n) is 7.40. The number of hydrogen-bond donors (Lipinski definition) is 3. The SMILES string of the molecule is O=C(CCC(=O)N1CCN(C(=O)c2cc(Cc3n[nH]c(=O)c4ccccc34)ccc2F)CC1)NCCCCCCNC(=O)COc1ccc2c(c1)CCCN2C(=O)CCl. The van der Waals surface area contributed by atoms with Gasteiger partial charge in [-0.2, -0.15) is 5.10 Å². The molecule has 3 N–H and O–H groups in total. The van der Waals surface area contributed by atoms with Crippen LogP contribution in [-0.4, -0.2) is 108 Å². The van der Waals surface area contributed by atoms with Crippen LogP contribution in [0.4, 0.5) is 10.1 Å². The summed E-state index contributed by atoms with van der Waals surface area (Å²) in [5.74, 6) is -1.35. The van der Waals surface area contributed by atoms with Crippen LogP contribution in [0.3, 0.4) is 0 Å². The first-order chi connectivity index (χ1) is 28.6. The molecule has 1 aromatic heterocycles. The van der Waals surface area contributed by atoms with Gasteiger partial charge in [0.1, 0.15) is 17.4 Å². The van der Waals surface area contributed by atoms with Crippen LogP contribution in [0.2, 0.25) is 0 Å². The molecule has 0 atom stereocenters. The Morgan fingerprint density at radius 1 is 0.797 bits per heavy atom. The average molecular weight is 830 g/mol. The van der Waals surface area contributed by atoms with Crippen LogP contribution in [0.25, 0.3) is 10.8 Å². The normalized spacial score (nSPS) is 13.8. The number of alkyl halides is 1. The van der Waals surface area contributed by atoms with E-state index in [4.69, 9.17) is 16.3 Å². The first kappa shape index (κ1) is 42.8. The van der Waals surface area contributed by atoms with Crippen molar-refractivity contribution in [3.63, 3.8) is 0 Å². The van der Waals surface area contributed by atoms with E-state index in [1.54, 1.807) is 40.1 Å². The maximum absolute atomic E-state index is 14.9. The minimum absolute atomic E-state index is 0.0496. The number of anilines is 1. The number of amides is 5. The van der Waals surface area contributed by atoms with E-state index in [0.717, 1.165) is 49.8 Å². The molecule has 0 spiro atoms. The third kappa shape index (κ3) is 11.4.